The summed E-state index contributed by atoms with van der Waals surface area (Å²) in [7, 11) is 0. The summed E-state index contributed by atoms with van der Waals surface area (Å²) >= 11 is 0. The van der Waals surface area contributed by atoms with Crippen LogP contribution in [0.1, 0.15) is 27.2 Å². The van der Waals surface area contributed by atoms with Crippen molar-refractivity contribution in [1.29, 1.82) is 0 Å². The number of hydrogen-bond donors (Lipinski definition) is 0. The second-order valence-electron chi connectivity index (χ2n) is 4.39. The Morgan fingerprint density at radius 3 is 2.72 bits per heavy atom. The summed E-state index contributed by atoms with van der Waals surface area (Å²) in [5.41, 5.74) is 3.05. The van der Waals surface area contributed by atoms with E-state index in [0.29, 0.717) is 11.3 Å². The van der Waals surface area contributed by atoms with Gasteiger partial charge in [-0.15, -0.1) is 0 Å². The van der Waals surface area contributed by atoms with E-state index in [0.717, 1.165) is 11.1 Å². The smallest absolute Gasteiger partial charge is 0.185 e. The van der Waals surface area contributed by atoms with Gasteiger partial charge in [-0.05, 0) is 54.8 Å². The molecule has 2 aromatic rings. The zero-order valence-electron chi connectivity index (χ0n) is 10.4. The van der Waals surface area contributed by atoms with Crippen LogP contribution in [0.4, 0.5) is 4.39 Å². The summed E-state index contributed by atoms with van der Waals surface area (Å²) in [5, 5.41) is 0. The lowest BCUT2D eigenvalue weighted by molar-refractivity contribution is 0.0988. The zero-order valence-corrected chi connectivity index (χ0v) is 10.4. The third-order valence-corrected chi connectivity index (χ3v) is 2.86. The highest BCUT2D eigenvalue weighted by molar-refractivity contribution is 5.96. The summed E-state index contributed by atoms with van der Waals surface area (Å²) in [6.07, 6.45) is 1.79. The fraction of sp³-hybridized carbons (Fsp3) is 0.200. The Morgan fingerprint density at radius 1 is 1.22 bits per heavy atom. The first-order chi connectivity index (χ1) is 8.56. The van der Waals surface area contributed by atoms with Crippen molar-refractivity contribution < 1.29 is 9.18 Å². The molecule has 1 aromatic heterocycles. The molecule has 0 N–H and O–H groups in total. The van der Waals surface area contributed by atoms with Crippen molar-refractivity contribution in [2.24, 2.45) is 0 Å². The van der Waals surface area contributed by atoms with Gasteiger partial charge in [0.25, 0.3) is 0 Å². The van der Waals surface area contributed by atoms with Crippen molar-refractivity contribution in [3.05, 3.63) is 64.7 Å². The minimum Gasteiger partial charge on any atom is -0.292 e. The van der Waals surface area contributed by atoms with Crippen LogP contribution in [0.3, 0.4) is 0 Å². The molecule has 0 atom stereocenters. The third kappa shape index (κ3) is 2.80. The predicted octanol–water partition coefficient (Wildman–Crippen LogP) is 3.26. The molecule has 92 valence electrons. The standard InChI is InChI=1S/C15H14FNO/c1-10-5-6-17-14(7-10)15(18)9-12-8-13(16)4-3-11(12)2/h3-8H,9H2,1-2H3. The van der Waals surface area contributed by atoms with Gasteiger partial charge in [0.15, 0.2) is 5.78 Å². The van der Waals surface area contributed by atoms with Crippen LogP contribution in [0.25, 0.3) is 0 Å². The molecule has 0 radical (unpaired) electrons. The van der Waals surface area contributed by atoms with Gasteiger partial charge in [-0.1, -0.05) is 6.07 Å². The molecule has 0 saturated carbocycles. The van der Waals surface area contributed by atoms with Crippen LogP contribution in [-0.2, 0) is 6.42 Å². The molecule has 0 saturated heterocycles. The van der Waals surface area contributed by atoms with E-state index >= 15 is 0 Å². The van der Waals surface area contributed by atoms with Crippen molar-refractivity contribution in [2.45, 2.75) is 20.3 Å². The minimum atomic E-state index is -0.319. The Balaban J connectivity index is 2.24. The van der Waals surface area contributed by atoms with Gasteiger partial charge < -0.3 is 0 Å². The van der Waals surface area contributed by atoms with E-state index in [2.05, 4.69) is 4.98 Å². The maximum absolute atomic E-state index is 13.1. The monoisotopic (exact) mass is 243 g/mol. The Kier molecular flexibility index (Phi) is 3.51. The molecular weight excluding hydrogens is 229 g/mol. The first-order valence-electron chi connectivity index (χ1n) is 5.77. The van der Waals surface area contributed by atoms with Gasteiger partial charge >= 0.3 is 0 Å². The normalized spacial score (nSPS) is 10.4. The van der Waals surface area contributed by atoms with Gasteiger partial charge in [-0.25, -0.2) is 4.39 Å². The molecule has 2 nitrogen and oxygen atoms in total. The van der Waals surface area contributed by atoms with Gasteiger partial charge in [-0.3, -0.25) is 9.78 Å². The van der Waals surface area contributed by atoms with E-state index in [4.69, 9.17) is 0 Å². The SMILES string of the molecule is Cc1ccnc(C(=O)Cc2cc(F)ccc2C)c1. The lowest BCUT2D eigenvalue weighted by Crippen LogP contribution is -2.07. The third-order valence-electron chi connectivity index (χ3n) is 2.86. The molecule has 3 heteroatoms. The van der Waals surface area contributed by atoms with Crippen molar-refractivity contribution in [3.63, 3.8) is 0 Å². The Morgan fingerprint density at radius 2 is 2.00 bits per heavy atom. The molecule has 0 fully saturated rings. The second kappa shape index (κ2) is 5.08. The van der Waals surface area contributed by atoms with Crippen LogP contribution in [0.15, 0.2) is 36.5 Å². The summed E-state index contributed by atoms with van der Waals surface area (Å²) in [6.45, 7) is 3.78. The van der Waals surface area contributed by atoms with Crippen LogP contribution in [0.5, 0.6) is 0 Å². The molecule has 0 aliphatic rings. The van der Waals surface area contributed by atoms with Crippen LogP contribution in [-0.4, -0.2) is 10.8 Å². The molecular formula is C15H14FNO. The fourth-order valence-corrected chi connectivity index (χ4v) is 1.78. The topological polar surface area (TPSA) is 30.0 Å². The minimum absolute atomic E-state index is 0.0904. The first-order valence-corrected chi connectivity index (χ1v) is 5.77. The van der Waals surface area contributed by atoms with Gasteiger partial charge in [0.2, 0.25) is 0 Å². The Hall–Kier alpha value is -2.03. The van der Waals surface area contributed by atoms with Gasteiger partial charge in [0.1, 0.15) is 11.5 Å². The molecule has 0 unspecified atom stereocenters. The van der Waals surface area contributed by atoms with Crippen molar-refractivity contribution in [3.8, 4) is 0 Å². The number of ketones is 1. The molecule has 2 rings (SSSR count). The number of carbonyl (C=O) groups excluding carboxylic acids is 1. The molecule has 0 aliphatic heterocycles. The van der Waals surface area contributed by atoms with E-state index in [1.54, 1.807) is 18.3 Å². The fourth-order valence-electron chi connectivity index (χ4n) is 1.78. The summed E-state index contributed by atoms with van der Waals surface area (Å²) < 4.78 is 13.1. The second-order valence-corrected chi connectivity index (χ2v) is 4.39. The number of carbonyl (C=O) groups is 1. The maximum Gasteiger partial charge on any atom is 0.185 e. The lowest BCUT2D eigenvalue weighted by Gasteiger charge is -2.05. The van der Waals surface area contributed by atoms with Crippen LogP contribution >= 0.6 is 0 Å². The van der Waals surface area contributed by atoms with Gasteiger partial charge in [0.05, 0.1) is 0 Å². The molecule has 0 amide bonds. The number of halogens is 1. The first kappa shape index (κ1) is 12.4. The summed E-state index contributed by atoms with van der Waals surface area (Å²) in [4.78, 5) is 16.1. The zero-order chi connectivity index (χ0) is 13.1. The van der Waals surface area contributed by atoms with Crippen LogP contribution < -0.4 is 0 Å². The number of nitrogens with zero attached hydrogens (tertiary/aromatic N) is 1. The highest BCUT2D eigenvalue weighted by Gasteiger charge is 2.11. The predicted molar refractivity (Wildman–Crippen MR) is 68.1 cm³/mol. The number of aryl methyl sites for hydroxylation is 2. The van der Waals surface area contributed by atoms with E-state index in [9.17, 15) is 9.18 Å². The van der Waals surface area contributed by atoms with Crippen molar-refractivity contribution in [2.75, 3.05) is 0 Å². The molecule has 1 aromatic carbocycles. The summed E-state index contributed by atoms with van der Waals surface area (Å²) in [6, 6.07) is 8.07. The van der Waals surface area contributed by atoms with E-state index in [1.165, 1.54) is 12.1 Å². The molecule has 0 aliphatic carbocycles. The van der Waals surface area contributed by atoms with Crippen molar-refractivity contribution >= 4 is 5.78 Å². The quantitative estimate of drug-likeness (QED) is 0.774. The number of benzene rings is 1. The Labute approximate surface area is 105 Å². The average Bonchev–Trinajstić information content (AvgIpc) is 2.34. The number of pyridine rings is 1. The maximum atomic E-state index is 13.1. The van der Waals surface area contributed by atoms with Crippen LogP contribution in [0, 0.1) is 19.7 Å². The lowest BCUT2D eigenvalue weighted by atomic mass is 10.0. The van der Waals surface area contributed by atoms with Gasteiger partial charge in [0, 0.05) is 12.6 Å². The molecule has 0 spiro atoms. The summed E-state index contributed by atoms with van der Waals surface area (Å²) in [5.74, 6) is -0.409. The van der Waals surface area contributed by atoms with E-state index < -0.39 is 0 Å². The number of aromatic nitrogens is 1. The molecule has 0 bridgehead atoms. The average molecular weight is 243 g/mol. The van der Waals surface area contributed by atoms with Gasteiger partial charge in [-0.2, -0.15) is 0 Å². The van der Waals surface area contributed by atoms with E-state index in [1.807, 2.05) is 19.9 Å². The van der Waals surface area contributed by atoms with E-state index in [-0.39, 0.29) is 18.0 Å². The number of rotatable bonds is 3. The molecule has 1 heterocycles. The largest absolute Gasteiger partial charge is 0.292 e. The molecule has 18 heavy (non-hydrogen) atoms. The highest BCUT2D eigenvalue weighted by atomic mass is 19.1. The van der Waals surface area contributed by atoms with Crippen molar-refractivity contribution in [1.82, 2.24) is 4.98 Å². The number of hydrogen-bond acceptors (Lipinski definition) is 2. The number of Topliss-reactive ketones (excluding diaryl/α,β-unsaturated/α-hetero) is 1. The Bertz CT molecular complexity index is 593. The van der Waals surface area contributed by atoms with Crippen LogP contribution in [0.2, 0.25) is 0 Å². The highest BCUT2D eigenvalue weighted by Crippen LogP contribution is 2.13.